The highest BCUT2D eigenvalue weighted by atomic mass is 79.9. The summed E-state index contributed by atoms with van der Waals surface area (Å²) in [5.41, 5.74) is 7.31. The van der Waals surface area contributed by atoms with E-state index in [9.17, 15) is 0 Å². The fraction of sp³-hybridized carbons (Fsp3) is 0.500. The lowest BCUT2D eigenvalue weighted by atomic mass is 9.95. The van der Waals surface area contributed by atoms with Gasteiger partial charge in [-0.3, -0.25) is 0 Å². The van der Waals surface area contributed by atoms with E-state index in [1.54, 1.807) is 0 Å². The lowest BCUT2D eigenvalue weighted by Gasteiger charge is -2.16. The van der Waals surface area contributed by atoms with E-state index in [4.69, 9.17) is 5.73 Å². The van der Waals surface area contributed by atoms with Crippen LogP contribution < -0.4 is 5.73 Å². The number of halogens is 1. The Morgan fingerprint density at radius 3 is 3.27 bits per heavy atom. The third-order valence-electron chi connectivity index (χ3n) is 2.09. The minimum absolute atomic E-state index is 0.393. The molecule has 1 aromatic heterocycles. The molecule has 3 heteroatoms. The Labute approximate surface area is 78.7 Å². The molecular weight excluding hydrogens is 222 g/mol. The molecule has 0 aliphatic heterocycles. The normalized spacial score (nSPS) is 23.3. The van der Waals surface area contributed by atoms with Crippen molar-refractivity contribution in [3.8, 4) is 0 Å². The molecule has 0 aromatic carbocycles. The molecule has 1 atom stereocenters. The molecule has 0 bridgehead atoms. The van der Waals surface area contributed by atoms with Crippen molar-refractivity contribution in [2.45, 2.75) is 25.3 Å². The van der Waals surface area contributed by atoms with Gasteiger partial charge in [-0.25, -0.2) is 0 Å². The molecule has 60 valence electrons. The number of hydrogen-bond donors (Lipinski definition) is 1. The first-order valence-electron chi connectivity index (χ1n) is 3.78. The summed E-state index contributed by atoms with van der Waals surface area (Å²) in [6.07, 6.45) is 3.39. The highest BCUT2D eigenvalue weighted by Crippen LogP contribution is 2.32. The molecule has 0 saturated carbocycles. The summed E-state index contributed by atoms with van der Waals surface area (Å²) in [5, 5.41) is 0. The van der Waals surface area contributed by atoms with Crippen LogP contribution in [-0.4, -0.2) is 6.04 Å². The molecule has 1 aromatic rings. The van der Waals surface area contributed by atoms with Crippen LogP contribution in [0.2, 0.25) is 0 Å². The molecule has 0 spiro atoms. The highest BCUT2D eigenvalue weighted by Gasteiger charge is 2.17. The van der Waals surface area contributed by atoms with E-state index in [-0.39, 0.29) is 0 Å². The Hall–Kier alpha value is 0.140. The minimum atomic E-state index is 0.393. The maximum atomic E-state index is 5.85. The van der Waals surface area contributed by atoms with Crippen LogP contribution in [0.15, 0.2) is 9.85 Å². The van der Waals surface area contributed by atoms with Crippen LogP contribution in [0.3, 0.4) is 0 Å². The zero-order valence-corrected chi connectivity index (χ0v) is 8.54. The molecule has 1 unspecified atom stereocenters. The van der Waals surface area contributed by atoms with Gasteiger partial charge in [0.15, 0.2) is 0 Å². The fourth-order valence-electron chi connectivity index (χ4n) is 1.52. The second-order valence-corrected chi connectivity index (χ2v) is 5.52. The molecule has 0 fully saturated rings. The smallest absolute Gasteiger partial charge is 0.0704 e. The Balaban J connectivity index is 2.34. The first-order valence-corrected chi connectivity index (χ1v) is 5.39. The van der Waals surface area contributed by atoms with E-state index in [0.717, 1.165) is 12.8 Å². The molecule has 0 radical (unpaired) electrons. The van der Waals surface area contributed by atoms with Crippen LogP contribution in [0.25, 0.3) is 0 Å². The Kier molecular flexibility index (Phi) is 2.04. The van der Waals surface area contributed by atoms with Crippen molar-refractivity contribution in [3.63, 3.8) is 0 Å². The number of rotatable bonds is 0. The summed E-state index contributed by atoms with van der Waals surface area (Å²) in [6.45, 7) is 0. The number of aryl methyl sites for hydroxylation is 1. The standard InChI is InChI=1S/C8H10BrNS/c9-8-4-5-3-6(10)1-2-7(5)11-8/h4,6H,1-3,10H2. The predicted octanol–water partition coefficient (Wildman–Crippen LogP) is 2.33. The van der Waals surface area contributed by atoms with Gasteiger partial charge < -0.3 is 5.73 Å². The summed E-state index contributed by atoms with van der Waals surface area (Å²) >= 11 is 5.34. The molecule has 2 rings (SSSR count). The molecule has 11 heavy (non-hydrogen) atoms. The van der Waals surface area contributed by atoms with Crippen LogP contribution >= 0.6 is 27.3 Å². The summed E-state index contributed by atoms with van der Waals surface area (Å²) < 4.78 is 1.25. The van der Waals surface area contributed by atoms with E-state index in [0.29, 0.717) is 6.04 Å². The first-order chi connectivity index (χ1) is 5.25. The van der Waals surface area contributed by atoms with Crippen molar-refractivity contribution < 1.29 is 0 Å². The van der Waals surface area contributed by atoms with Crippen molar-refractivity contribution in [2.24, 2.45) is 5.73 Å². The molecule has 2 N–H and O–H groups in total. The summed E-state index contributed by atoms with van der Waals surface area (Å²) in [6, 6.07) is 2.60. The molecule has 1 nitrogen and oxygen atoms in total. The van der Waals surface area contributed by atoms with Gasteiger partial charge in [0.25, 0.3) is 0 Å². The van der Waals surface area contributed by atoms with Gasteiger partial charge in [-0.1, -0.05) is 0 Å². The maximum Gasteiger partial charge on any atom is 0.0704 e. The third-order valence-corrected chi connectivity index (χ3v) is 3.83. The maximum absolute atomic E-state index is 5.85. The van der Waals surface area contributed by atoms with E-state index in [2.05, 4.69) is 22.0 Å². The number of thiophene rings is 1. The van der Waals surface area contributed by atoms with E-state index in [1.807, 2.05) is 11.3 Å². The molecule has 1 heterocycles. The molecule has 0 saturated heterocycles. The fourth-order valence-corrected chi connectivity index (χ4v) is 3.31. The second kappa shape index (κ2) is 2.88. The van der Waals surface area contributed by atoms with Crippen LogP contribution in [0.5, 0.6) is 0 Å². The average molecular weight is 232 g/mol. The Bertz CT molecular complexity index is 269. The van der Waals surface area contributed by atoms with E-state index >= 15 is 0 Å². The van der Waals surface area contributed by atoms with Crippen LogP contribution in [0.4, 0.5) is 0 Å². The lowest BCUT2D eigenvalue weighted by molar-refractivity contribution is 0.583. The van der Waals surface area contributed by atoms with Crippen molar-refractivity contribution in [1.82, 2.24) is 0 Å². The van der Waals surface area contributed by atoms with Gasteiger partial charge in [0.1, 0.15) is 0 Å². The number of nitrogens with two attached hydrogens (primary N) is 1. The van der Waals surface area contributed by atoms with E-state index < -0.39 is 0 Å². The molecule has 0 amide bonds. The van der Waals surface area contributed by atoms with Crippen LogP contribution in [0, 0.1) is 0 Å². The molecule has 1 aliphatic carbocycles. The lowest BCUT2D eigenvalue weighted by Crippen LogP contribution is -2.26. The zero-order chi connectivity index (χ0) is 7.84. The van der Waals surface area contributed by atoms with Crippen LogP contribution in [-0.2, 0) is 12.8 Å². The van der Waals surface area contributed by atoms with Crippen molar-refractivity contribution >= 4 is 27.3 Å². The van der Waals surface area contributed by atoms with Gasteiger partial charge in [-0.2, -0.15) is 0 Å². The monoisotopic (exact) mass is 231 g/mol. The topological polar surface area (TPSA) is 26.0 Å². The molecular formula is C8H10BrNS. The average Bonchev–Trinajstić information content (AvgIpc) is 2.27. The first kappa shape index (κ1) is 7.77. The van der Waals surface area contributed by atoms with Gasteiger partial charge in [-0.15, -0.1) is 11.3 Å². The Morgan fingerprint density at radius 1 is 1.64 bits per heavy atom. The minimum Gasteiger partial charge on any atom is -0.327 e. The van der Waals surface area contributed by atoms with Gasteiger partial charge >= 0.3 is 0 Å². The SMILES string of the molecule is NC1CCc2sc(Br)cc2C1. The van der Waals surface area contributed by atoms with Crippen molar-refractivity contribution in [2.75, 3.05) is 0 Å². The summed E-state index contributed by atoms with van der Waals surface area (Å²) in [4.78, 5) is 1.53. The summed E-state index contributed by atoms with van der Waals surface area (Å²) in [7, 11) is 0. The quantitative estimate of drug-likeness (QED) is 0.729. The highest BCUT2D eigenvalue weighted by molar-refractivity contribution is 9.11. The van der Waals surface area contributed by atoms with Gasteiger partial charge in [-0.05, 0) is 46.8 Å². The van der Waals surface area contributed by atoms with Crippen LogP contribution in [0.1, 0.15) is 16.9 Å². The number of hydrogen-bond acceptors (Lipinski definition) is 2. The zero-order valence-electron chi connectivity index (χ0n) is 6.14. The van der Waals surface area contributed by atoms with Crippen molar-refractivity contribution in [3.05, 3.63) is 20.3 Å². The summed E-state index contributed by atoms with van der Waals surface area (Å²) in [5.74, 6) is 0. The van der Waals surface area contributed by atoms with Gasteiger partial charge in [0.2, 0.25) is 0 Å². The largest absolute Gasteiger partial charge is 0.327 e. The van der Waals surface area contributed by atoms with Gasteiger partial charge in [0.05, 0.1) is 3.79 Å². The van der Waals surface area contributed by atoms with Gasteiger partial charge in [0, 0.05) is 10.9 Å². The Morgan fingerprint density at radius 2 is 2.45 bits per heavy atom. The van der Waals surface area contributed by atoms with Crippen molar-refractivity contribution in [1.29, 1.82) is 0 Å². The molecule has 1 aliphatic rings. The van der Waals surface area contributed by atoms with E-state index in [1.165, 1.54) is 20.6 Å². The third kappa shape index (κ3) is 1.50. The predicted molar refractivity (Wildman–Crippen MR) is 52.0 cm³/mol. The second-order valence-electron chi connectivity index (χ2n) is 3.00. The number of fused-ring (bicyclic) bond motifs is 1.